The van der Waals surface area contributed by atoms with Gasteiger partial charge in [-0.1, -0.05) is 40.0 Å². The highest BCUT2D eigenvalue weighted by atomic mass is 79.9. The van der Waals surface area contributed by atoms with Crippen molar-refractivity contribution in [3.8, 4) is 11.5 Å². The van der Waals surface area contributed by atoms with Crippen LogP contribution in [-0.2, 0) is 4.84 Å². The Morgan fingerprint density at radius 3 is 2.23 bits per heavy atom. The Hall–Kier alpha value is -0.620. The summed E-state index contributed by atoms with van der Waals surface area (Å²) in [5, 5.41) is 4.73. The molecule has 0 bridgehead atoms. The first-order valence-electron chi connectivity index (χ1n) is 8.29. The van der Waals surface area contributed by atoms with Crippen LogP contribution in [-0.4, -0.2) is 25.5 Å². The van der Waals surface area contributed by atoms with E-state index in [1.54, 1.807) is 18.2 Å². The minimum absolute atomic E-state index is 0.309. The van der Waals surface area contributed by atoms with Gasteiger partial charge in [-0.15, -0.1) is 0 Å². The van der Waals surface area contributed by atoms with Gasteiger partial charge < -0.3 is 14.3 Å². The minimum atomic E-state index is 0.309. The van der Waals surface area contributed by atoms with E-state index in [1.807, 2.05) is 13.8 Å². The summed E-state index contributed by atoms with van der Waals surface area (Å²) in [6, 6.07) is 3.35. The Morgan fingerprint density at radius 1 is 1.04 bits per heavy atom. The van der Waals surface area contributed by atoms with Crippen molar-refractivity contribution in [2.75, 3.05) is 19.8 Å². The highest BCUT2D eigenvalue weighted by Crippen LogP contribution is 2.37. The molecule has 8 heteroatoms. The number of nitrogens with zero attached hydrogens (tertiary/aromatic N) is 1. The second kappa shape index (κ2) is 13.5. The fourth-order valence-electron chi connectivity index (χ4n) is 1.93. The molecule has 4 nitrogen and oxygen atoms in total. The summed E-state index contributed by atoms with van der Waals surface area (Å²) < 4.78 is 11.7. The zero-order chi connectivity index (χ0) is 19.4. The molecule has 0 aliphatic heterocycles. The first-order chi connectivity index (χ1) is 12.4. The van der Waals surface area contributed by atoms with Crippen molar-refractivity contribution in [3.63, 3.8) is 0 Å². The summed E-state index contributed by atoms with van der Waals surface area (Å²) in [6.45, 7) is 5.31. The van der Waals surface area contributed by atoms with Crippen LogP contribution in [0.3, 0.4) is 0 Å². The average molecular weight is 488 g/mol. The van der Waals surface area contributed by atoms with Crippen molar-refractivity contribution in [3.05, 3.63) is 32.2 Å². The lowest BCUT2D eigenvalue weighted by Crippen LogP contribution is -2.00. The number of ether oxygens (including phenoxy) is 2. The zero-order valence-electron chi connectivity index (χ0n) is 14.9. The molecule has 0 spiro atoms. The van der Waals surface area contributed by atoms with Gasteiger partial charge in [0, 0.05) is 12.1 Å². The summed E-state index contributed by atoms with van der Waals surface area (Å²) in [5.74, 6) is 1.03. The lowest BCUT2D eigenvalue weighted by atomic mass is 10.2. The topological polar surface area (TPSA) is 40.0 Å². The standard InChI is InChI=1S/C18H23BrCl3NO3/c1-13(2)23-26-9-6-4-3-5-8-25-18-15(20)11-14(12-16(18)21)24-10-7-17(19)22/h7,11-12H,3-6,8-10H2,1-2H3/b17-7-. The summed E-state index contributed by atoms with van der Waals surface area (Å²) in [6.07, 6.45) is 5.65. The highest BCUT2D eigenvalue weighted by molar-refractivity contribution is 9.12. The molecule has 1 rings (SSSR count). The van der Waals surface area contributed by atoms with Crippen LogP contribution in [0.2, 0.25) is 10.0 Å². The first kappa shape index (κ1) is 23.4. The number of benzene rings is 1. The van der Waals surface area contributed by atoms with E-state index in [9.17, 15) is 0 Å². The van der Waals surface area contributed by atoms with E-state index in [2.05, 4.69) is 21.1 Å². The van der Waals surface area contributed by atoms with Gasteiger partial charge in [0.25, 0.3) is 0 Å². The molecule has 0 unspecified atom stereocenters. The Kier molecular flexibility index (Phi) is 12.2. The lowest BCUT2D eigenvalue weighted by molar-refractivity contribution is 0.139. The van der Waals surface area contributed by atoms with Crippen molar-refractivity contribution in [1.82, 2.24) is 0 Å². The fraction of sp³-hybridized carbons (Fsp3) is 0.500. The molecule has 0 heterocycles. The van der Waals surface area contributed by atoms with Gasteiger partial charge >= 0.3 is 0 Å². The normalized spacial score (nSPS) is 11.2. The third kappa shape index (κ3) is 10.5. The van der Waals surface area contributed by atoms with Gasteiger partial charge in [-0.3, -0.25) is 0 Å². The highest BCUT2D eigenvalue weighted by Gasteiger charge is 2.10. The molecule has 0 aliphatic rings. The second-order valence-electron chi connectivity index (χ2n) is 5.66. The summed E-state index contributed by atoms with van der Waals surface area (Å²) in [7, 11) is 0. The monoisotopic (exact) mass is 485 g/mol. The predicted octanol–water partition coefficient (Wildman–Crippen LogP) is 7.20. The first-order valence-corrected chi connectivity index (χ1v) is 10.2. The van der Waals surface area contributed by atoms with Crippen LogP contribution in [0.4, 0.5) is 0 Å². The largest absolute Gasteiger partial charge is 0.490 e. The molecule has 0 aromatic heterocycles. The number of unbranched alkanes of at least 4 members (excludes halogenated alkanes) is 3. The van der Waals surface area contributed by atoms with Crippen LogP contribution in [0, 0.1) is 0 Å². The van der Waals surface area contributed by atoms with Crippen LogP contribution in [0.25, 0.3) is 0 Å². The molecule has 0 radical (unpaired) electrons. The lowest BCUT2D eigenvalue weighted by Gasteiger charge is -2.12. The Bertz CT molecular complexity index is 593. The zero-order valence-corrected chi connectivity index (χ0v) is 18.7. The van der Waals surface area contributed by atoms with Crippen molar-refractivity contribution in [2.45, 2.75) is 39.5 Å². The Morgan fingerprint density at radius 2 is 1.65 bits per heavy atom. The quantitative estimate of drug-likeness (QED) is 0.178. The van der Waals surface area contributed by atoms with Crippen molar-refractivity contribution in [1.29, 1.82) is 0 Å². The van der Waals surface area contributed by atoms with Gasteiger partial charge in [0.15, 0.2) is 5.75 Å². The van der Waals surface area contributed by atoms with Crippen LogP contribution >= 0.6 is 50.7 Å². The molecular formula is C18H23BrCl3NO3. The number of hydrogen-bond acceptors (Lipinski definition) is 4. The number of oxime groups is 1. The van der Waals surface area contributed by atoms with Gasteiger partial charge in [-0.05, 0) is 61.5 Å². The molecule has 26 heavy (non-hydrogen) atoms. The number of halogens is 4. The van der Waals surface area contributed by atoms with Crippen molar-refractivity contribution in [2.24, 2.45) is 5.16 Å². The van der Waals surface area contributed by atoms with E-state index in [1.165, 1.54) is 0 Å². The molecule has 0 aliphatic carbocycles. The summed E-state index contributed by atoms with van der Waals surface area (Å²) in [5.41, 5.74) is 0.923. The molecule has 1 aromatic rings. The van der Waals surface area contributed by atoms with Crippen LogP contribution in [0.15, 0.2) is 27.3 Å². The van der Waals surface area contributed by atoms with E-state index in [0.717, 1.165) is 31.4 Å². The van der Waals surface area contributed by atoms with Gasteiger partial charge in [0.05, 0.1) is 26.3 Å². The number of rotatable bonds is 12. The summed E-state index contributed by atoms with van der Waals surface area (Å²) >= 11 is 21.2. The Labute approximate surface area is 178 Å². The van der Waals surface area contributed by atoms with E-state index < -0.39 is 0 Å². The smallest absolute Gasteiger partial charge is 0.156 e. The molecule has 1 aromatic carbocycles. The van der Waals surface area contributed by atoms with E-state index in [4.69, 9.17) is 49.1 Å². The fourth-order valence-corrected chi connectivity index (χ4v) is 2.70. The minimum Gasteiger partial charge on any atom is -0.490 e. The van der Waals surface area contributed by atoms with Gasteiger partial charge in [-0.2, -0.15) is 0 Å². The maximum atomic E-state index is 6.23. The van der Waals surface area contributed by atoms with Crippen molar-refractivity contribution >= 4 is 56.4 Å². The molecular weight excluding hydrogens is 464 g/mol. The van der Waals surface area contributed by atoms with Crippen LogP contribution in [0.1, 0.15) is 39.5 Å². The predicted molar refractivity (Wildman–Crippen MR) is 114 cm³/mol. The second-order valence-corrected chi connectivity index (χ2v) is 8.19. The van der Waals surface area contributed by atoms with Crippen LogP contribution in [0.5, 0.6) is 11.5 Å². The SMILES string of the molecule is CC(C)=NOCCCCCCOc1c(Cl)cc(OC/C=C(\Cl)Br)cc1Cl. The van der Waals surface area contributed by atoms with Gasteiger partial charge in [-0.25, -0.2) is 0 Å². The van der Waals surface area contributed by atoms with Crippen molar-refractivity contribution < 1.29 is 14.3 Å². The number of hydrogen-bond donors (Lipinski definition) is 0. The molecule has 146 valence electrons. The van der Waals surface area contributed by atoms with Gasteiger partial charge in [0.1, 0.15) is 19.0 Å². The molecule has 0 saturated carbocycles. The van der Waals surface area contributed by atoms with Crippen LogP contribution < -0.4 is 9.47 Å². The average Bonchev–Trinajstić information content (AvgIpc) is 2.54. The third-order valence-electron chi connectivity index (χ3n) is 3.08. The molecule has 0 N–H and O–H groups in total. The third-order valence-corrected chi connectivity index (χ3v) is 4.12. The van der Waals surface area contributed by atoms with E-state index >= 15 is 0 Å². The maximum Gasteiger partial charge on any atom is 0.156 e. The van der Waals surface area contributed by atoms with E-state index in [-0.39, 0.29) is 0 Å². The van der Waals surface area contributed by atoms with E-state index in [0.29, 0.717) is 45.3 Å². The maximum absolute atomic E-state index is 6.23. The molecule has 0 fully saturated rings. The molecule has 0 saturated heterocycles. The summed E-state index contributed by atoms with van der Waals surface area (Å²) in [4.78, 5) is 5.15. The Balaban J connectivity index is 2.30. The molecule has 0 atom stereocenters. The molecule has 0 amide bonds. The van der Waals surface area contributed by atoms with Gasteiger partial charge in [0.2, 0.25) is 0 Å².